The van der Waals surface area contributed by atoms with Gasteiger partial charge in [-0.15, -0.1) is 23.2 Å². The Bertz CT molecular complexity index is 1700. The van der Waals surface area contributed by atoms with Crippen molar-refractivity contribution in [1.82, 2.24) is 0 Å². The second-order valence-corrected chi connectivity index (χ2v) is 12.2. The van der Waals surface area contributed by atoms with Crippen LogP contribution in [0.25, 0.3) is 32.7 Å². The van der Waals surface area contributed by atoms with Gasteiger partial charge in [-0.1, -0.05) is 39.8 Å². The van der Waals surface area contributed by atoms with Crippen LogP contribution in [0.4, 0.5) is 0 Å². The predicted molar refractivity (Wildman–Crippen MR) is 181 cm³/mol. The average molecular weight is 642 g/mol. The summed E-state index contributed by atoms with van der Waals surface area (Å²) in [6.45, 7) is 11.6. The highest BCUT2D eigenvalue weighted by molar-refractivity contribution is 6.18. The Hall–Kier alpha value is -3.88. The lowest BCUT2D eigenvalue weighted by Gasteiger charge is -2.23. The summed E-state index contributed by atoms with van der Waals surface area (Å²) in [5.74, 6) is -1.85. The van der Waals surface area contributed by atoms with Crippen LogP contribution in [0.15, 0.2) is 22.1 Å². The molecule has 0 radical (unpaired) electrons. The molecule has 0 bridgehead atoms. The van der Waals surface area contributed by atoms with E-state index in [1.165, 1.54) is 12.4 Å². The molecule has 0 saturated heterocycles. The van der Waals surface area contributed by atoms with Gasteiger partial charge in [-0.25, -0.2) is 0 Å². The van der Waals surface area contributed by atoms with E-state index < -0.39 is 11.5 Å². The Balaban J connectivity index is 2.24. The number of rotatable bonds is 9. The minimum Gasteiger partial charge on any atom is -0.507 e. The second kappa shape index (κ2) is 13.0. The van der Waals surface area contributed by atoms with Crippen molar-refractivity contribution < 1.29 is 30.6 Å². The number of halogens is 2. The Morgan fingerprint density at radius 2 is 0.932 bits per heavy atom. The summed E-state index contributed by atoms with van der Waals surface area (Å²) in [4.78, 5) is 8.51. The molecule has 0 atom stereocenters. The van der Waals surface area contributed by atoms with E-state index in [1.54, 1.807) is 26.0 Å². The molecule has 10 heteroatoms. The van der Waals surface area contributed by atoms with Gasteiger partial charge in [0, 0.05) is 68.3 Å². The first-order valence-electron chi connectivity index (χ1n) is 14.4. The van der Waals surface area contributed by atoms with E-state index in [2.05, 4.69) is 9.98 Å². The Morgan fingerprint density at radius 1 is 0.591 bits per heavy atom. The van der Waals surface area contributed by atoms with Crippen molar-refractivity contribution >= 4 is 57.2 Å². The molecule has 6 N–H and O–H groups in total. The summed E-state index contributed by atoms with van der Waals surface area (Å²) < 4.78 is 0. The highest BCUT2D eigenvalue weighted by Crippen LogP contribution is 2.54. The molecule has 4 aromatic carbocycles. The van der Waals surface area contributed by atoms with Crippen LogP contribution in [0.3, 0.4) is 0 Å². The fourth-order valence-corrected chi connectivity index (χ4v) is 6.23. The largest absolute Gasteiger partial charge is 0.507 e. The quantitative estimate of drug-likeness (QED) is 0.0619. The van der Waals surface area contributed by atoms with E-state index in [-0.39, 0.29) is 81.6 Å². The first-order chi connectivity index (χ1) is 20.8. The summed E-state index contributed by atoms with van der Waals surface area (Å²) in [7, 11) is 0. The molecule has 0 aliphatic carbocycles. The third-order valence-corrected chi connectivity index (χ3v) is 8.20. The van der Waals surface area contributed by atoms with E-state index in [9.17, 15) is 30.6 Å². The Labute approximate surface area is 266 Å². The molecular weight excluding hydrogens is 603 g/mol. The maximum Gasteiger partial charge on any atom is 0.167 e. The normalized spacial score (nSPS) is 12.3. The molecule has 0 heterocycles. The van der Waals surface area contributed by atoms with Crippen LogP contribution in [0.5, 0.6) is 34.5 Å². The minimum atomic E-state index is -0.427. The Morgan fingerprint density at radius 3 is 1.23 bits per heavy atom. The number of phenolic OH excluding ortho intramolecular Hbond substituents is 6. The van der Waals surface area contributed by atoms with Crippen LogP contribution in [0.1, 0.15) is 72.9 Å². The smallest absolute Gasteiger partial charge is 0.167 e. The molecule has 4 rings (SSSR count). The highest BCUT2D eigenvalue weighted by atomic mass is 35.5. The van der Waals surface area contributed by atoms with Crippen molar-refractivity contribution in [3.63, 3.8) is 0 Å². The summed E-state index contributed by atoms with van der Waals surface area (Å²) in [5, 5.41) is 69.8. The van der Waals surface area contributed by atoms with Gasteiger partial charge in [0.25, 0.3) is 0 Å². The number of nitrogens with zero attached hydrogens (tertiary/aromatic N) is 2. The molecule has 0 unspecified atom stereocenters. The first kappa shape index (κ1) is 33.0. The van der Waals surface area contributed by atoms with Gasteiger partial charge in [0.1, 0.15) is 11.5 Å². The molecule has 0 saturated carbocycles. The standard InChI is InChI=1S/C34H38Cl2N2O6/c1-15(2)23-19-11-17(5)25(31(41)27(19)21(13-37-9-7-35)29(39)33(23)43)26-18(6)12-20-24(16(3)4)34(44)30(40)22(14-38-10-8-36)28(20)32(26)42/h11-16,39-44H,7-10H2,1-6H3. The lowest BCUT2D eigenvalue weighted by atomic mass is 9.83. The van der Waals surface area contributed by atoms with Crippen LogP contribution < -0.4 is 0 Å². The van der Waals surface area contributed by atoms with E-state index in [4.69, 9.17) is 23.2 Å². The SMILES string of the molecule is Cc1cc2c(C(C)C)c(O)c(O)c(C=NCCCl)c2c(O)c1-c1c(C)cc2c(C(C)C)c(O)c(O)c(C=NCCCl)c2c1O. The predicted octanol–water partition coefficient (Wildman–Crippen LogP) is 8.07. The molecule has 0 spiro atoms. The van der Waals surface area contributed by atoms with E-state index >= 15 is 0 Å². The first-order valence-corrected chi connectivity index (χ1v) is 15.5. The van der Waals surface area contributed by atoms with Crippen LogP contribution in [0.2, 0.25) is 0 Å². The number of hydrogen-bond acceptors (Lipinski definition) is 8. The maximum absolute atomic E-state index is 12.0. The maximum atomic E-state index is 12.0. The number of phenols is 6. The van der Waals surface area contributed by atoms with Crippen molar-refractivity contribution in [3.8, 4) is 45.6 Å². The third kappa shape index (κ3) is 5.46. The number of aromatic hydroxyl groups is 6. The average Bonchev–Trinajstić information content (AvgIpc) is 2.94. The van der Waals surface area contributed by atoms with Crippen molar-refractivity contribution in [2.45, 2.75) is 53.4 Å². The topological polar surface area (TPSA) is 146 Å². The van der Waals surface area contributed by atoms with Gasteiger partial charge < -0.3 is 30.6 Å². The zero-order chi connectivity index (χ0) is 32.6. The van der Waals surface area contributed by atoms with E-state index in [0.717, 1.165) is 0 Å². The van der Waals surface area contributed by atoms with Crippen LogP contribution in [-0.2, 0) is 0 Å². The monoisotopic (exact) mass is 640 g/mol. The number of fused-ring (bicyclic) bond motifs is 2. The summed E-state index contributed by atoms with van der Waals surface area (Å²) >= 11 is 11.6. The number of hydrogen-bond donors (Lipinski definition) is 6. The molecule has 8 nitrogen and oxygen atoms in total. The molecule has 4 aromatic rings. The van der Waals surface area contributed by atoms with Crippen LogP contribution in [-0.4, -0.2) is 67.9 Å². The van der Waals surface area contributed by atoms with Crippen LogP contribution >= 0.6 is 23.2 Å². The van der Waals surface area contributed by atoms with Crippen molar-refractivity contribution in [1.29, 1.82) is 0 Å². The summed E-state index contributed by atoms with van der Waals surface area (Å²) in [6, 6.07) is 3.61. The van der Waals surface area contributed by atoms with Gasteiger partial charge >= 0.3 is 0 Å². The minimum absolute atomic E-state index is 0.113. The van der Waals surface area contributed by atoms with E-state index in [0.29, 0.717) is 44.2 Å². The number of aliphatic imine (C=N–C) groups is 2. The van der Waals surface area contributed by atoms with Gasteiger partial charge in [0.2, 0.25) is 0 Å². The van der Waals surface area contributed by atoms with Gasteiger partial charge in [-0.2, -0.15) is 0 Å². The van der Waals surface area contributed by atoms with Crippen molar-refractivity contribution in [3.05, 3.63) is 45.5 Å². The lowest BCUT2D eigenvalue weighted by molar-refractivity contribution is 0.398. The second-order valence-electron chi connectivity index (χ2n) is 11.5. The molecule has 234 valence electrons. The molecule has 0 aliphatic rings. The molecule has 0 aliphatic heterocycles. The molecule has 0 aromatic heterocycles. The van der Waals surface area contributed by atoms with E-state index in [1.807, 2.05) is 27.7 Å². The van der Waals surface area contributed by atoms with Gasteiger partial charge in [-0.3, -0.25) is 9.98 Å². The zero-order valence-electron chi connectivity index (χ0n) is 25.6. The number of alkyl halides is 2. The number of aryl methyl sites for hydroxylation is 2. The molecule has 44 heavy (non-hydrogen) atoms. The van der Waals surface area contributed by atoms with Gasteiger partial charge in [0.15, 0.2) is 23.0 Å². The highest BCUT2D eigenvalue weighted by Gasteiger charge is 2.29. The molecular formula is C34H38Cl2N2O6. The fraction of sp³-hybridized carbons (Fsp3) is 0.353. The molecule has 0 amide bonds. The number of benzene rings is 4. The van der Waals surface area contributed by atoms with Gasteiger partial charge in [0.05, 0.1) is 13.1 Å². The summed E-state index contributed by atoms with van der Waals surface area (Å²) in [6.07, 6.45) is 2.74. The van der Waals surface area contributed by atoms with Crippen molar-refractivity contribution in [2.24, 2.45) is 9.98 Å². The lowest BCUT2D eigenvalue weighted by Crippen LogP contribution is -2.01. The van der Waals surface area contributed by atoms with Crippen molar-refractivity contribution in [2.75, 3.05) is 24.8 Å². The Kier molecular flexibility index (Phi) is 9.76. The summed E-state index contributed by atoms with van der Waals surface area (Å²) in [5.41, 5.74) is 2.91. The third-order valence-electron chi connectivity index (χ3n) is 7.86. The zero-order valence-corrected chi connectivity index (χ0v) is 27.1. The van der Waals surface area contributed by atoms with Gasteiger partial charge in [-0.05, 0) is 47.6 Å². The fourth-order valence-electron chi connectivity index (χ4n) is 6.03. The molecule has 0 fully saturated rings. The van der Waals surface area contributed by atoms with Crippen LogP contribution in [0, 0.1) is 13.8 Å².